The summed E-state index contributed by atoms with van der Waals surface area (Å²) in [6.07, 6.45) is 3.50. The number of aryl methyl sites for hydroxylation is 1. The predicted molar refractivity (Wildman–Crippen MR) is 88.9 cm³/mol. The van der Waals surface area contributed by atoms with Crippen LogP contribution in [0.5, 0.6) is 11.5 Å². The van der Waals surface area contributed by atoms with E-state index in [2.05, 4.69) is 0 Å². The number of allylic oxidation sites excluding steroid dienone is 1. The standard InChI is InChI=1S/C20H16O4/c1-12-9-15(23-20(22)14-7-8-14)11-16-18(12)19(21)17(24-16)10-13-5-3-2-4-6-13/h2-6,9-11,14H,7-8H2,1H3/b17-10-. The van der Waals surface area contributed by atoms with Crippen molar-refractivity contribution in [1.29, 1.82) is 0 Å². The molecule has 0 spiro atoms. The van der Waals surface area contributed by atoms with Gasteiger partial charge in [-0.3, -0.25) is 9.59 Å². The fourth-order valence-electron chi connectivity index (χ4n) is 2.76. The van der Waals surface area contributed by atoms with Crippen LogP contribution in [0.3, 0.4) is 0 Å². The van der Waals surface area contributed by atoms with Gasteiger partial charge in [-0.2, -0.15) is 0 Å². The van der Waals surface area contributed by atoms with Crippen molar-refractivity contribution in [3.63, 3.8) is 0 Å². The highest BCUT2D eigenvalue weighted by Crippen LogP contribution is 2.38. The van der Waals surface area contributed by atoms with Crippen molar-refractivity contribution in [2.24, 2.45) is 5.92 Å². The lowest BCUT2D eigenvalue weighted by atomic mass is 10.0. The fourth-order valence-corrected chi connectivity index (χ4v) is 2.76. The largest absolute Gasteiger partial charge is 0.452 e. The van der Waals surface area contributed by atoms with Crippen LogP contribution < -0.4 is 9.47 Å². The van der Waals surface area contributed by atoms with E-state index < -0.39 is 0 Å². The number of carbonyl (C=O) groups is 2. The quantitative estimate of drug-likeness (QED) is 0.488. The Balaban J connectivity index is 1.64. The zero-order valence-electron chi connectivity index (χ0n) is 13.2. The normalized spacial score (nSPS) is 17.5. The maximum Gasteiger partial charge on any atom is 0.314 e. The van der Waals surface area contributed by atoms with Crippen molar-refractivity contribution in [2.45, 2.75) is 19.8 Å². The molecule has 1 saturated carbocycles. The van der Waals surface area contributed by atoms with E-state index >= 15 is 0 Å². The second-order valence-corrected chi connectivity index (χ2v) is 6.16. The Morgan fingerprint density at radius 1 is 1.21 bits per heavy atom. The molecular weight excluding hydrogens is 304 g/mol. The summed E-state index contributed by atoms with van der Waals surface area (Å²) in [5.41, 5.74) is 2.17. The van der Waals surface area contributed by atoms with Crippen LogP contribution in [0, 0.1) is 12.8 Å². The zero-order chi connectivity index (χ0) is 16.7. The maximum atomic E-state index is 12.6. The van der Waals surface area contributed by atoms with Crippen molar-refractivity contribution in [1.82, 2.24) is 0 Å². The van der Waals surface area contributed by atoms with Gasteiger partial charge in [0.2, 0.25) is 5.78 Å². The average molecular weight is 320 g/mol. The first-order chi connectivity index (χ1) is 11.6. The van der Waals surface area contributed by atoms with Crippen molar-refractivity contribution in [2.75, 3.05) is 0 Å². The van der Waals surface area contributed by atoms with Gasteiger partial charge in [0.05, 0.1) is 11.5 Å². The third-order valence-electron chi connectivity index (χ3n) is 4.17. The molecule has 0 amide bonds. The van der Waals surface area contributed by atoms with Gasteiger partial charge < -0.3 is 9.47 Å². The lowest BCUT2D eigenvalue weighted by Gasteiger charge is -2.07. The highest BCUT2D eigenvalue weighted by atomic mass is 16.5. The molecule has 0 aromatic heterocycles. The van der Waals surface area contributed by atoms with E-state index in [0.717, 1.165) is 24.0 Å². The SMILES string of the molecule is Cc1cc(OC(=O)C2CC2)cc2c1C(=O)/C(=C/c1ccccc1)O2. The summed E-state index contributed by atoms with van der Waals surface area (Å²) >= 11 is 0. The minimum absolute atomic E-state index is 0.0228. The number of carbonyl (C=O) groups excluding carboxylic acids is 2. The number of rotatable bonds is 3. The molecule has 1 aliphatic carbocycles. The number of ketones is 1. The molecule has 0 bridgehead atoms. The van der Waals surface area contributed by atoms with Crippen LogP contribution in [0.4, 0.5) is 0 Å². The van der Waals surface area contributed by atoms with Crippen LogP contribution in [0.25, 0.3) is 6.08 Å². The van der Waals surface area contributed by atoms with Gasteiger partial charge in [-0.15, -0.1) is 0 Å². The molecule has 0 radical (unpaired) electrons. The molecule has 0 atom stereocenters. The number of benzene rings is 2. The molecule has 1 heterocycles. The summed E-state index contributed by atoms with van der Waals surface area (Å²) in [5.74, 6) is 0.822. The van der Waals surface area contributed by atoms with Crippen LogP contribution in [-0.2, 0) is 4.79 Å². The Kier molecular flexibility index (Phi) is 3.45. The molecule has 4 rings (SSSR count). The highest BCUT2D eigenvalue weighted by molar-refractivity contribution is 6.15. The van der Waals surface area contributed by atoms with Gasteiger partial charge >= 0.3 is 5.97 Å². The zero-order valence-corrected chi connectivity index (χ0v) is 13.2. The molecular formula is C20H16O4. The minimum atomic E-state index is -0.210. The van der Waals surface area contributed by atoms with Crippen molar-refractivity contribution >= 4 is 17.8 Å². The van der Waals surface area contributed by atoms with Crippen molar-refractivity contribution < 1.29 is 19.1 Å². The molecule has 0 unspecified atom stereocenters. The molecule has 120 valence electrons. The van der Waals surface area contributed by atoms with Gasteiger partial charge in [-0.05, 0) is 43.0 Å². The molecule has 1 fully saturated rings. The number of hydrogen-bond donors (Lipinski definition) is 0. The highest BCUT2D eigenvalue weighted by Gasteiger charge is 2.33. The van der Waals surface area contributed by atoms with Gasteiger partial charge in [0.25, 0.3) is 0 Å². The van der Waals surface area contributed by atoms with Crippen LogP contribution >= 0.6 is 0 Å². The molecule has 0 N–H and O–H groups in total. The summed E-state index contributed by atoms with van der Waals surface area (Å²) in [4.78, 5) is 24.4. The second kappa shape index (κ2) is 5.64. The van der Waals surface area contributed by atoms with E-state index in [0.29, 0.717) is 17.1 Å². The predicted octanol–water partition coefficient (Wildman–Crippen LogP) is 3.93. The number of esters is 1. The van der Waals surface area contributed by atoms with Gasteiger partial charge in [0.15, 0.2) is 5.76 Å². The van der Waals surface area contributed by atoms with E-state index in [-0.39, 0.29) is 23.4 Å². The van der Waals surface area contributed by atoms with Crippen LogP contribution in [0.15, 0.2) is 48.2 Å². The summed E-state index contributed by atoms with van der Waals surface area (Å²) < 4.78 is 11.1. The Bertz CT molecular complexity index is 861. The number of ether oxygens (including phenoxy) is 2. The topological polar surface area (TPSA) is 52.6 Å². The first kappa shape index (κ1) is 14.7. The number of Topliss-reactive ketones (excluding diaryl/α,β-unsaturated/α-hetero) is 1. The molecule has 2 aromatic rings. The average Bonchev–Trinajstić information content (AvgIpc) is 3.35. The fraction of sp³-hybridized carbons (Fsp3) is 0.200. The summed E-state index contributed by atoms with van der Waals surface area (Å²) in [7, 11) is 0. The Labute approximate surface area is 139 Å². The van der Waals surface area contributed by atoms with Crippen molar-refractivity contribution in [3.05, 3.63) is 64.9 Å². The van der Waals surface area contributed by atoms with Gasteiger partial charge in [0, 0.05) is 6.07 Å². The molecule has 0 saturated heterocycles. The van der Waals surface area contributed by atoms with Gasteiger partial charge in [-0.25, -0.2) is 0 Å². The maximum absolute atomic E-state index is 12.6. The van der Waals surface area contributed by atoms with Gasteiger partial charge in [0.1, 0.15) is 11.5 Å². The Morgan fingerprint density at radius 3 is 2.67 bits per heavy atom. The van der Waals surface area contributed by atoms with Gasteiger partial charge in [-0.1, -0.05) is 30.3 Å². The number of hydrogen-bond acceptors (Lipinski definition) is 4. The first-order valence-corrected chi connectivity index (χ1v) is 7.97. The second-order valence-electron chi connectivity index (χ2n) is 6.16. The number of fused-ring (bicyclic) bond motifs is 1. The van der Waals surface area contributed by atoms with E-state index in [4.69, 9.17) is 9.47 Å². The van der Waals surface area contributed by atoms with E-state index in [1.54, 1.807) is 18.2 Å². The molecule has 2 aliphatic rings. The van der Waals surface area contributed by atoms with Crippen molar-refractivity contribution in [3.8, 4) is 11.5 Å². The smallest absolute Gasteiger partial charge is 0.314 e. The minimum Gasteiger partial charge on any atom is -0.452 e. The summed E-state index contributed by atoms with van der Waals surface area (Å²) in [6.45, 7) is 1.82. The lowest BCUT2D eigenvalue weighted by molar-refractivity contribution is -0.135. The molecule has 24 heavy (non-hydrogen) atoms. The van der Waals surface area contributed by atoms with Crippen LogP contribution in [-0.4, -0.2) is 11.8 Å². The van der Waals surface area contributed by atoms with Crippen LogP contribution in [0.1, 0.15) is 34.3 Å². The Hall–Kier alpha value is -2.88. The lowest BCUT2D eigenvalue weighted by Crippen LogP contribution is -2.10. The first-order valence-electron chi connectivity index (χ1n) is 7.97. The molecule has 4 heteroatoms. The third-order valence-corrected chi connectivity index (χ3v) is 4.17. The Morgan fingerprint density at radius 2 is 1.96 bits per heavy atom. The van der Waals surface area contributed by atoms with Crippen LogP contribution in [0.2, 0.25) is 0 Å². The summed E-state index contributed by atoms with van der Waals surface area (Å²) in [6, 6.07) is 12.9. The molecule has 4 nitrogen and oxygen atoms in total. The summed E-state index contributed by atoms with van der Waals surface area (Å²) in [5, 5.41) is 0. The van der Waals surface area contributed by atoms with E-state index in [1.807, 2.05) is 37.3 Å². The molecule has 2 aromatic carbocycles. The monoisotopic (exact) mass is 320 g/mol. The van der Waals surface area contributed by atoms with E-state index in [1.165, 1.54) is 0 Å². The third kappa shape index (κ3) is 2.71. The molecule has 1 aliphatic heterocycles. The van der Waals surface area contributed by atoms with E-state index in [9.17, 15) is 9.59 Å².